The highest BCUT2D eigenvalue weighted by atomic mass is 16.5. The van der Waals surface area contributed by atoms with Crippen molar-refractivity contribution in [2.75, 3.05) is 12.0 Å². The van der Waals surface area contributed by atoms with Gasteiger partial charge in [0.25, 0.3) is 0 Å². The normalized spacial score (nSPS) is 15.7. The molecular formula is C25H23NO. The first-order chi connectivity index (χ1) is 13.3. The Balaban J connectivity index is 1.91. The minimum Gasteiger partial charge on any atom is -0.497 e. The molecule has 0 saturated carbocycles. The van der Waals surface area contributed by atoms with Crippen LogP contribution in [0.25, 0.3) is 11.8 Å². The van der Waals surface area contributed by atoms with Crippen molar-refractivity contribution in [3.8, 4) is 5.75 Å². The van der Waals surface area contributed by atoms with Crippen LogP contribution in [0.15, 0.2) is 91.5 Å². The number of methoxy groups -OCH3 is 1. The highest BCUT2D eigenvalue weighted by Crippen LogP contribution is 2.43. The van der Waals surface area contributed by atoms with E-state index in [0.717, 1.165) is 17.9 Å². The van der Waals surface area contributed by atoms with Crippen LogP contribution in [0.5, 0.6) is 5.75 Å². The van der Waals surface area contributed by atoms with E-state index in [1.54, 1.807) is 7.11 Å². The molecule has 0 amide bonds. The largest absolute Gasteiger partial charge is 0.497 e. The molecule has 1 atom stereocenters. The Bertz CT molecular complexity index is 957. The second-order valence-electron chi connectivity index (χ2n) is 6.63. The van der Waals surface area contributed by atoms with Crippen molar-refractivity contribution in [2.45, 2.75) is 12.5 Å². The first kappa shape index (κ1) is 17.2. The summed E-state index contributed by atoms with van der Waals surface area (Å²) in [5, 5.41) is 0. The van der Waals surface area contributed by atoms with Gasteiger partial charge in [-0.05, 0) is 53.5 Å². The van der Waals surface area contributed by atoms with Gasteiger partial charge >= 0.3 is 0 Å². The summed E-state index contributed by atoms with van der Waals surface area (Å²) in [5.41, 5.74) is 6.15. The zero-order chi connectivity index (χ0) is 18.6. The molecule has 0 N–H and O–H groups in total. The molecule has 0 saturated heterocycles. The van der Waals surface area contributed by atoms with Gasteiger partial charge in [0.15, 0.2) is 0 Å². The quantitative estimate of drug-likeness (QED) is 0.497. The average Bonchev–Trinajstić information content (AvgIpc) is 2.74. The van der Waals surface area contributed by atoms with Crippen LogP contribution in [0.4, 0.5) is 5.69 Å². The Morgan fingerprint density at radius 1 is 0.926 bits per heavy atom. The van der Waals surface area contributed by atoms with E-state index >= 15 is 0 Å². The number of hydrogen-bond acceptors (Lipinski definition) is 2. The molecule has 27 heavy (non-hydrogen) atoms. The molecule has 3 aromatic rings. The molecule has 1 unspecified atom stereocenters. The summed E-state index contributed by atoms with van der Waals surface area (Å²) in [4.78, 5) is 2.42. The fraction of sp³-hybridized carbons (Fsp3) is 0.120. The number of fused-ring (bicyclic) bond motifs is 1. The fourth-order valence-corrected chi connectivity index (χ4v) is 3.75. The van der Waals surface area contributed by atoms with Crippen molar-refractivity contribution in [1.29, 1.82) is 0 Å². The van der Waals surface area contributed by atoms with Crippen LogP contribution in [0, 0.1) is 0 Å². The first-order valence-electron chi connectivity index (χ1n) is 9.22. The Kier molecular flexibility index (Phi) is 4.80. The first-order valence-corrected chi connectivity index (χ1v) is 9.22. The van der Waals surface area contributed by atoms with Gasteiger partial charge in [-0.15, -0.1) is 6.58 Å². The highest BCUT2D eigenvalue weighted by Gasteiger charge is 2.29. The molecule has 0 fully saturated rings. The lowest BCUT2D eigenvalue weighted by atomic mass is 9.89. The van der Waals surface area contributed by atoms with Gasteiger partial charge in [-0.1, -0.05) is 60.7 Å². The summed E-state index contributed by atoms with van der Waals surface area (Å²) < 4.78 is 5.35. The van der Waals surface area contributed by atoms with E-state index < -0.39 is 0 Å². The summed E-state index contributed by atoms with van der Waals surface area (Å²) in [6, 6.07) is 27.7. The summed E-state index contributed by atoms with van der Waals surface area (Å²) in [6.45, 7) is 4.01. The third kappa shape index (κ3) is 3.26. The van der Waals surface area contributed by atoms with E-state index in [0.29, 0.717) is 0 Å². The molecule has 3 aromatic carbocycles. The second kappa shape index (κ2) is 7.55. The smallest absolute Gasteiger partial charge is 0.119 e. The third-order valence-corrected chi connectivity index (χ3v) is 5.03. The number of hydrogen-bond donors (Lipinski definition) is 0. The molecule has 1 heterocycles. The van der Waals surface area contributed by atoms with Gasteiger partial charge in [-0.3, -0.25) is 0 Å². The Morgan fingerprint density at radius 2 is 1.63 bits per heavy atom. The van der Waals surface area contributed by atoms with Gasteiger partial charge in [0, 0.05) is 11.4 Å². The molecule has 1 aliphatic rings. The number of benzene rings is 3. The van der Waals surface area contributed by atoms with E-state index in [2.05, 4.69) is 84.3 Å². The molecule has 0 bridgehead atoms. The summed E-state index contributed by atoms with van der Waals surface area (Å²) in [7, 11) is 1.70. The van der Waals surface area contributed by atoms with Crippen LogP contribution in [-0.4, -0.2) is 7.11 Å². The summed E-state index contributed by atoms with van der Waals surface area (Å²) >= 11 is 0. The monoisotopic (exact) mass is 353 g/mol. The lowest BCUT2D eigenvalue weighted by molar-refractivity contribution is 0.415. The van der Waals surface area contributed by atoms with Gasteiger partial charge in [0.2, 0.25) is 0 Å². The molecule has 0 aliphatic carbocycles. The highest BCUT2D eigenvalue weighted by molar-refractivity contribution is 5.93. The topological polar surface area (TPSA) is 12.5 Å². The minimum absolute atomic E-state index is 0.201. The van der Waals surface area contributed by atoms with Crippen molar-refractivity contribution >= 4 is 17.5 Å². The van der Waals surface area contributed by atoms with E-state index in [1.807, 2.05) is 18.2 Å². The van der Waals surface area contributed by atoms with Crippen LogP contribution in [0.3, 0.4) is 0 Å². The predicted octanol–water partition coefficient (Wildman–Crippen LogP) is 6.33. The van der Waals surface area contributed by atoms with Gasteiger partial charge in [0.05, 0.1) is 13.2 Å². The Hall–Kier alpha value is -3.26. The van der Waals surface area contributed by atoms with Crippen molar-refractivity contribution < 1.29 is 4.74 Å². The molecule has 0 aromatic heterocycles. The van der Waals surface area contributed by atoms with E-state index in [9.17, 15) is 0 Å². The van der Waals surface area contributed by atoms with Crippen LogP contribution >= 0.6 is 0 Å². The van der Waals surface area contributed by atoms with Crippen molar-refractivity contribution in [3.05, 3.63) is 108 Å². The van der Waals surface area contributed by atoms with E-state index in [1.165, 1.54) is 22.4 Å². The van der Waals surface area contributed by atoms with E-state index in [4.69, 9.17) is 4.74 Å². The van der Waals surface area contributed by atoms with Crippen molar-refractivity contribution in [1.82, 2.24) is 0 Å². The van der Waals surface area contributed by atoms with Crippen molar-refractivity contribution in [3.63, 3.8) is 0 Å². The predicted molar refractivity (Wildman–Crippen MR) is 114 cm³/mol. The maximum Gasteiger partial charge on any atom is 0.119 e. The average molecular weight is 353 g/mol. The van der Waals surface area contributed by atoms with Gasteiger partial charge in [-0.25, -0.2) is 0 Å². The third-order valence-electron chi connectivity index (χ3n) is 5.03. The lowest BCUT2D eigenvalue weighted by Crippen LogP contribution is -2.30. The SMILES string of the molecule is C=CCC1c2ccccc2C=C(c2ccccc2)N1c1ccc(OC)cc1. The molecule has 134 valence electrons. The molecule has 2 nitrogen and oxygen atoms in total. The number of ether oxygens (including phenoxy) is 1. The van der Waals surface area contributed by atoms with Gasteiger partial charge in [0.1, 0.15) is 5.75 Å². The van der Waals surface area contributed by atoms with E-state index in [-0.39, 0.29) is 6.04 Å². The molecule has 2 heteroatoms. The number of rotatable bonds is 5. The zero-order valence-corrected chi connectivity index (χ0v) is 15.5. The fourth-order valence-electron chi connectivity index (χ4n) is 3.75. The number of anilines is 1. The molecular weight excluding hydrogens is 330 g/mol. The number of nitrogens with zero attached hydrogens (tertiary/aromatic N) is 1. The molecule has 0 spiro atoms. The Morgan fingerprint density at radius 3 is 2.33 bits per heavy atom. The van der Waals surface area contributed by atoms with Crippen molar-refractivity contribution in [2.24, 2.45) is 0 Å². The lowest BCUT2D eigenvalue weighted by Gasteiger charge is -2.39. The van der Waals surface area contributed by atoms with Crippen LogP contribution in [0.1, 0.15) is 29.2 Å². The standard InChI is InChI=1S/C25H23NO/c1-3-9-24-23-13-8-7-12-20(23)18-25(19-10-5-4-6-11-19)26(24)21-14-16-22(27-2)17-15-21/h3-8,10-18,24H,1,9H2,2H3. The minimum atomic E-state index is 0.201. The molecule has 1 aliphatic heterocycles. The molecule has 4 rings (SSSR count). The van der Waals surface area contributed by atoms with Crippen LogP contribution in [0.2, 0.25) is 0 Å². The molecule has 0 radical (unpaired) electrons. The summed E-state index contributed by atoms with van der Waals surface area (Å²) in [5.74, 6) is 0.863. The summed E-state index contributed by atoms with van der Waals surface area (Å²) in [6.07, 6.45) is 5.16. The Labute approximate surface area is 161 Å². The van der Waals surface area contributed by atoms with Crippen LogP contribution < -0.4 is 9.64 Å². The second-order valence-corrected chi connectivity index (χ2v) is 6.63. The van der Waals surface area contributed by atoms with Gasteiger partial charge < -0.3 is 9.64 Å². The zero-order valence-electron chi connectivity index (χ0n) is 15.5. The maximum absolute atomic E-state index is 5.35. The van der Waals surface area contributed by atoms with Crippen LogP contribution in [-0.2, 0) is 0 Å². The van der Waals surface area contributed by atoms with Gasteiger partial charge in [-0.2, -0.15) is 0 Å². The maximum atomic E-state index is 5.35.